The fourth-order valence-corrected chi connectivity index (χ4v) is 3.77. The summed E-state index contributed by atoms with van der Waals surface area (Å²) in [5.41, 5.74) is 4.54. The van der Waals surface area contributed by atoms with Crippen LogP contribution in [-0.4, -0.2) is 23.7 Å². The van der Waals surface area contributed by atoms with E-state index in [0.29, 0.717) is 23.8 Å². The van der Waals surface area contributed by atoms with Gasteiger partial charge in [0, 0.05) is 5.56 Å². The van der Waals surface area contributed by atoms with Gasteiger partial charge in [0.25, 0.3) is 0 Å². The minimum atomic E-state index is -0.381. The maximum Gasteiger partial charge on any atom is 0.216 e. The third-order valence-corrected chi connectivity index (χ3v) is 4.99. The topological polar surface area (TPSA) is 74.8 Å². The van der Waals surface area contributed by atoms with Gasteiger partial charge in [0.2, 0.25) is 5.90 Å². The van der Waals surface area contributed by atoms with Gasteiger partial charge in [0.1, 0.15) is 17.9 Å². The van der Waals surface area contributed by atoms with E-state index < -0.39 is 0 Å². The Morgan fingerprint density at radius 2 is 2.07 bits per heavy atom. The zero-order valence-electron chi connectivity index (χ0n) is 15.5. The van der Waals surface area contributed by atoms with Gasteiger partial charge in [-0.1, -0.05) is 18.2 Å². The Bertz CT molecular complexity index is 943. The number of ether oxygens (including phenoxy) is 2. The van der Waals surface area contributed by atoms with Crippen LogP contribution in [0.4, 0.5) is 0 Å². The largest absolute Gasteiger partial charge is 0.490 e. The Hall–Kier alpha value is -2.84. The number of fused-ring (bicyclic) bond motifs is 1. The minimum Gasteiger partial charge on any atom is -0.490 e. The first-order valence-corrected chi connectivity index (χ1v) is 9.29. The lowest BCUT2D eigenvalue weighted by atomic mass is 9.99. The van der Waals surface area contributed by atoms with E-state index in [4.69, 9.17) is 9.47 Å². The van der Waals surface area contributed by atoms with Gasteiger partial charge in [-0.05, 0) is 61.6 Å². The molecule has 0 saturated heterocycles. The van der Waals surface area contributed by atoms with Crippen LogP contribution < -0.4 is 4.74 Å². The van der Waals surface area contributed by atoms with E-state index in [1.54, 1.807) is 12.1 Å². The number of aliphatic hydroxyl groups excluding tert-OH is 1. The van der Waals surface area contributed by atoms with Crippen LogP contribution in [0.2, 0.25) is 0 Å². The van der Waals surface area contributed by atoms with Crippen LogP contribution in [0.25, 0.3) is 0 Å². The Labute approximate surface area is 158 Å². The van der Waals surface area contributed by atoms with Gasteiger partial charge in [0.05, 0.1) is 24.3 Å². The van der Waals surface area contributed by atoms with Crippen molar-refractivity contribution in [1.29, 1.82) is 5.26 Å². The number of aliphatic hydroxyl groups is 1. The molecule has 0 radical (unpaired) electrons. The first-order valence-electron chi connectivity index (χ1n) is 9.29. The smallest absolute Gasteiger partial charge is 0.216 e. The molecule has 1 aliphatic carbocycles. The van der Waals surface area contributed by atoms with Crippen molar-refractivity contribution in [3.05, 3.63) is 64.2 Å². The first kappa shape index (κ1) is 17.6. The molecule has 1 aliphatic heterocycles. The molecule has 2 aliphatic rings. The lowest BCUT2D eigenvalue weighted by molar-refractivity contribution is 0.180. The average molecular weight is 362 g/mol. The second-order valence-electron chi connectivity index (χ2n) is 7.21. The number of hydrogen-bond donors (Lipinski definition) is 1. The van der Waals surface area contributed by atoms with Gasteiger partial charge < -0.3 is 14.6 Å². The Morgan fingerprint density at radius 3 is 2.85 bits per heavy atom. The molecule has 27 heavy (non-hydrogen) atoms. The van der Waals surface area contributed by atoms with Crippen LogP contribution in [-0.2, 0) is 11.2 Å². The van der Waals surface area contributed by atoms with Crippen LogP contribution in [0.5, 0.6) is 5.75 Å². The number of aliphatic imine (C=N–C) groups is 1. The summed E-state index contributed by atoms with van der Waals surface area (Å²) in [6, 6.07) is 13.6. The van der Waals surface area contributed by atoms with Crippen molar-refractivity contribution in [2.75, 3.05) is 6.54 Å². The van der Waals surface area contributed by atoms with Gasteiger partial charge in [-0.3, -0.25) is 0 Å². The first-order chi connectivity index (χ1) is 13.1. The molecule has 1 N–H and O–H groups in total. The van der Waals surface area contributed by atoms with Crippen molar-refractivity contribution in [1.82, 2.24) is 0 Å². The molecule has 0 saturated carbocycles. The second-order valence-corrected chi connectivity index (χ2v) is 7.21. The standard InChI is InChI=1S/C22H22N2O3/c1-13(2)26-20-9-6-14(10-15(20)11-23)22-24-12-21(27-22)18-5-3-4-17-16(18)7-8-19(17)25/h3-6,9-10,13,19,21,25H,7-8,12H2,1-2H3. The molecule has 2 unspecified atom stereocenters. The number of benzene rings is 2. The van der Waals surface area contributed by atoms with Crippen molar-refractivity contribution in [2.45, 2.75) is 45.0 Å². The van der Waals surface area contributed by atoms with Crippen molar-refractivity contribution in [3.8, 4) is 11.8 Å². The summed E-state index contributed by atoms with van der Waals surface area (Å²) >= 11 is 0. The SMILES string of the molecule is CC(C)Oc1ccc(C2=NCC(c3cccc4c3CCC4O)O2)cc1C#N. The second kappa shape index (κ2) is 7.05. The number of nitriles is 1. The molecule has 5 nitrogen and oxygen atoms in total. The van der Waals surface area contributed by atoms with Gasteiger partial charge in [-0.15, -0.1) is 0 Å². The molecule has 0 bridgehead atoms. The quantitative estimate of drug-likeness (QED) is 0.897. The van der Waals surface area contributed by atoms with Crippen molar-refractivity contribution >= 4 is 5.90 Å². The van der Waals surface area contributed by atoms with E-state index in [-0.39, 0.29) is 18.3 Å². The summed E-state index contributed by atoms with van der Waals surface area (Å²) < 4.78 is 11.8. The van der Waals surface area contributed by atoms with Crippen molar-refractivity contribution in [3.63, 3.8) is 0 Å². The minimum absolute atomic E-state index is 0.00271. The third-order valence-electron chi connectivity index (χ3n) is 4.99. The van der Waals surface area contributed by atoms with Crippen LogP contribution in [0, 0.1) is 11.3 Å². The predicted octanol–water partition coefficient (Wildman–Crippen LogP) is 3.84. The molecular formula is C22H22N2O3. The summed E-state index contributed by atoms with van der Waals surface area (Å²) in [5, 5.41) is 19.5. The average Bonchev–Trinajstić information content (AvgIpc) is 3.29. The predicted molar refractivity (Wildman–Crippen MR) is 102 cm³/mol. The van der Waals surface area contributed by atoms with Crippen LogP contribution in [0.3, 0.4) is 0 Å². The van der Waals surface area contributed by atoms with E-state index in [2.05, 4.69) is 17.1 Å². The molecule has 0 spiro atoms. The normalized spacial score (nSPS) is 20.8. The molecule has 0 fully saturated rings. The molecule has 1 heterocycles. The monoisotopic (exact) mass is 362 g/mol. The maximum atomic E-state index is 10.1. The van der Waals surface area contributed by atoms with Gasteiger partial charge in [0.15, 0.2) is 0 Å². The Kier molecular flexibility index (Phi) is 4.59. The third kappa shape index (κ3) is 3.29. The van der Waals surface area contributed by atoms with Gasteiger partial charge in [-0.25, -0.2) is 4.99 Å². The molecule has 138 valence electrons. The molecule has 0 aromatic heterocycles. The lowest BCUT2D eigenvalue weighted by Crippen LogP contribution is -2.10. The molecule has 0 amide bonds. The molecule has 5 heteroatoms. The maximum absolute atomic E-state index is 10.1. The fourth-order valence-electron chi connectivity index (χ4n) is 3.77. The number of rotatable bonds is 4. The molecular weight excluding hydrogens is 340 g/mol. The van der Waals surface area contributed by atoms with E-state index in [9.17, 15) is 10.4 Å². The zero-order valence-corrected chi connectivity index (χ0v) is 15.5. The summed E-state index contributed by atoms with van der Waals surface area (Å²) in [6.07, 6.45) is 1.09. The summed E-state index contributed by atoms with van der Waals surface area (Å²) in [4.78, 5) is 4.56. The van der Waals surface area contributed by atoms with E-state index in [0.717, 1.165) is 29.5 Å². The van der Waals surface area contributed by atoms with Gasteiger partial charge >= 0.3 is 0 Å². The molecule has 2 atom stereocenters. The zero-order chi connectivity index (χ0) is 19.0. The van der Waals surface area contributed by atoms with Crippen molar-refractivity contribution < 1.29 is 14.6 Å². The van der Waals surface area contributed by atoms with E-state index in [1.807, 2.05) is 32.0 Å². The fraction of sp³-hybridized carbons (Fsp3) is 0.364. The highest BCUT2D eigenvalue weighted by molar-refractivity contribution is 5.95. The van der Waals surface area contributed by atoms with E-state index >= 15 is 0 Å². The number of nitrogens with zero attached hydrogens (tertiary/aromatic N) is 2. The van der Waals surface area contributed by atoms with Crippen LogP contribution in [0.1, 0.15) is 60.3 Å². The summed E-state index contributed by atoms with van der Waals surface area (Å²) in [7, 11) is 0. The van der Waals surface area contributed by atoms with Gasteiger partial charge in [-0.2, -0.15) is 5.26 Å². The summed E-state index contributed by atoms with van der Waals surface area (Å²) in [6.45, 7) is 4.39. The Balaban J connectivity index is 1.56. The van der Waals surface area contributed by atoms with Crippen LogP contribution >= 0.6 is 0 Å². The highest BCUT2D eigenvalue weighted by Crippen LogP contribution is 2.38. The number of hydrogen-bond acceptors (Lipinski definition) is 5. The lowest BCUT2D eigenvalue weighted by Gasteiger charge is -2.16. The van der Waals surface area contributed by atoms with Crippen molar-refractivity contribution in [2.24, 2.45) is 4.99 Å². The molecule has 2 aromatic rings. The van der Waals surface area contributed by atoms with E-state index in [1.165, 1.54) is 5.56 Å². The highest BCUT2D eigenvalue weighted by atomic mass is 16.5. The van der Waals surface area contributed by atoms with Crippen LogP contribution in [0.15, 0.2) is 41.4 Å². The molecule has 4 rings (SSSR count). The summed E-state index contributed by atoms with van der Waals surface area (Å²) in [5.74, 6) is 1.12. The molecule has 2 aromatic carbocycles. The Morgan fingerprint density at radius 1 is 1.26 bits per heavy atom. The highest BCUT2D eigenvalue weighted by Gasteiger charge is 2.30.